The molecule has 0 nitrogen and oxygen atoms in total. The molecule has 0 amide bonds. The standard InChI is InChI=1S/C12H24.CH4/c1-6-8-10-11(9-7-2)12(3,4)5;/h7,9,11H,6,8,10H2,1-5H3;1H4/b9-7+;. The first kappa shape index (κ1) is 15.2. The van der Waals surface area contributed by atoms with Crippen molar-refractivity contribution in [3.63, 3.8) is 0 Å². The Kier molecular flexibility index (Phi) is 8.40. The van der Waals surface area contributed by atoms with Crippen LogP contribution in [0.4, 0.5) is 0 Å². The number of hydrogen-bond donors (Lipinski definition) is 0. The molecule has 0 saturated carbocycles. The van der Waals surface area contributed by atoms with Crippen LogP contribution in [-0.2, 0) is 0 Å². The Morgan fingerprint density at radius 1 is 1.23 bits per heavy atom. The zero-order valence-electron chi connectivity index (χ0n) is 9.35. The average Bonchev–Trinajstić information content (AvgIpc) is 1.95. The minimum absolute atomic E-state index is 0. The molecule has 80 valence electrons. The second kappa shape index (κ2) is 7.17. The lowest BCUT2D eigenvalue weighted by molar-refractivity contribution is 0.273. The Morgan fingerprint density at radius 2 is 1.77 bits per heavy atom. The lowest BCUT2D eigenvalue weighted by atomic mass is 9.78. The number of rotatable bonds is 4. The summed E-state index contributed by atoms with van der Waals surface area (Å²) < 4.78 is 0. The number of allylic oxidation sites excluding steroid dienone is 2. The van der Waals surface area contributed by atoms with Gasteiger partial charge in [0.15, 0.2) is 0 Å². The highest BCUT2D eigenvalue weighted by atomic mass is 14.3. The van der Waals surface area contributed by atoms with E-state index in [-0.39, 0.29) is 7.43 Å². The van der Waals surface area contributed by atoms with Gasteiger partial charge in [0.1, 0.15) is 0 Å². The van der Waals surface area contributed by atoms with Crippen LogP contribution in [0, 0.1) is 11.3 Å². The van der Waals surface area contributed by atoms with Crippen molar-refractivity contribution in [2.45, 2.75) is 61.3 Å². The van der Waals surface area contributed by atoms with Gasteiger partial charge in [-0.15, -0.1) is 0 Å². The van der Waals surface area contributed by atoms with Gasteiger partial charge in [0.05, 0.1) is 0 Å². The summed E-state index contributed by atoms with van der Waals surface area (Å²) in [7, 11) is 0. The summed E-state index contributed by atoms with van der Waals surface area (Å²) in [6, 6.07) is 0. The molecule has 0 heterocycles. The van der Waals surface area contributed by atoms with Gasteiger partial charge in [-0.2, -0.15) is 0 Å². The Bertz CT molecular complexity index is 125. The fourth-order valence-electron chi connectivity index (χ4n) is 1.47. The Morgan fingerprint density at radius 3 is 2.08 bits per heavy atom. The van der Waals surface area contributed by atoms with E-state index in [1.807, 2.05) is 0 Å². The average molecular weight is 184 g/mol. The number of unbranched alkanes of at least 4 members (excludes halogenated alkanes) is 1. The molecule has 0 aliphatic heterocycles. The van der Waals surface area contributed by atoms with Crippen LogP contribution in [0.5, 0.6) is 0 Å². The van der Waals surface area contributed by atoms with Gasteiger partial charge in [0.25, 0.3) is 0 Å². The maximum atomic E-state index is 2.36. The van der Waals surface area contributed by atoms with Crippen molar-refractivity contribution in [2.24, 2.45) is 11.3 Å². The van der Waals surface area contributed by atoms with E-state index in [4.69, 9.17) is 0 Å². The first-order chi connectivity index (χ1) is 5.52. The highest BCUT2D eigenvalue weighted by Gasteiger charge is 2.20. The second-order valence-electron chi connectivity index (χ2n) is 4.64. The van der Waals surface area contributed by atoms with E-state index in [9.17, 15) is 0 Å². The predicted octanol–water partition coefficient (Wildman–Crippen LogP) is 5.05. The normalized spacial score (nSPS) is 14.2. The van der Waals surface area contributed by atoms with Crippen molar-refractivity contribution in [3.8, 4) is 0 Å². The van der Waals surface area contributed by atoms with Crippen molar-refractivity contribution >= 4 is 0 Å². The van der Waals surface area contributed by atoms with Crippen LogP contribution in [0.3, 0.4) is 0 Å². The fourth-order valence-corrected chi connectivity index (χ4v) is 1.47. The molecule has 0 radical (unpaired) electrons. The molecule has 0 saturated heterocycles. The van der Waals surface area contributed by atoms with Gasteiger partial charge in [0.2, 0.25) is 0 Å². The molecule has 0 spiro atoms. The quantitative estimate of drug-likeness (QED) is 0.536. The van der Waals surface area contributed by atoms with Crippen molar-refractivity contribution in [1.29, 1.82) is 0 Å². The van der Waals surface area contributed by atoms with Gasteiger partial charge < -0.3 is 0 Å². The summed E-state index contributed by atoms with van der Waals surface area (Å²) in [5.74, 6) is 0.752. The molecule has 0 aromatic heterocycles. The molecule has 0 fully saturated rings. The third-order valence-corrected chi connectivity index (χ3v) is 2.41. The maximum Gasteiger partial charge on any atom is -0.0185 e. The van der Waals surface area contributed by atoms with E-state index < -0.39 is 0 Å². The predicted molar refractivity (Wildman–Crippen MR) is 64.0 cm³/mol. The minimum Gasteiger partial charge on any atom is -0.0914 e. The molecule has 0 bridgehead atoms. The summed E-state index contributed by atoms with van der Waals surface area (Å²) >= 11 is 0. The van der Waals surface area contributed by atoms with Crippen LogP contribution in [0.25, 0.3) is 0 Å². The lowest BCUT2D eigenvalue weighted by Gasteiger charge is -2.28. The molecule has 0 aliphatic carbocycles. The molecule has 0 heteroatoms. The molecule has 0 N–H and O–H groups in total. The molecule has 0 aliphatic rings. The highest BCUT2D eigenvalue weighted by molar-refractivity contribution is 4.91. The second-order valence-corrected chi connectivity index (χ2v) is 4.64. The van der Waals surface area contributed by atoms with Gasteiger partial charge in [-0.05, 0) is 24.7 Å². The summed E-state index contributed by atoms with van der Waals surface area (Å²) in [6.07, 6.45) is 8.54. The smallest absolute Gasteiger partial charge is 0.0185 e. The van der Waals surface area contributed by atoms with E-state index in [0.717, 1.165) is 5.92 Å². The Balaban J connectivity index is 0. The van der Waals surface area contributed by atoms with Crippen LogP contribution in [0.1, 0.15) is 61.3 Å². The number of hydrogen-bond acceptors (Lipinski definition) is 0. The largest absolute Gasteiger partial charge is 0.0914 e. The van der Waals surface area contributed by atoms with E-state index in [1.54, 1.807) is 0 Å². The van der Waals surface area contributed by atoms with Crippen LogP contribution >= 0.6 is 0 Å². The third kappa shape index (κ3) is 6.86. The Labute approximate surface area is 85.4 Å². The highest BCUT2D eigenvalue weighted by Crippen LogP contribution is 2.31. The summed E-state index contributed by atoms with van der Waals surface area (Å²) in [4.78, 5) is 0. The zero-order chi connectivity index (χ0) is 9.61. The van der Waals surface area contributed by atoms with E-state index >= 15 is 0 Å². The molecule has 0 rings (SSSR count). The van der Waals surface area contributed by atoms with Crippen LogP contribution in [-0.4, -0.2) is 0 Å². The minimum atomic E-state index is 0. The van der Waals surface area contributed by atoms with Crippen molar-refractivity contribution in [2.75, 3.05) is 0 Å². The van der Waals surface area contributed by atoms with Crippen molar-refractivity contribution in [1.82, 2.24) is 0 Å². The van der Waals surface area contributed by atoms with Gasteiger partial charge in [-0.1, -0.05) is 60.1 Å². The van der Waals surface area contributed by atoms with Gasteiger partial charge in [-0.25, -0.2) is 0 Å². The lowest BCUT2D eigenvalue weighted by Crippen LogP contribution is -2.18. The fraction of sp³-hybridized carbons (Fsp3) is 0.846. The summed E-state index contributed by atoms with van der Waals surface area (Å²) in [5.41, 5.74) is 0.432. The molecular weight excluding hydrogens is 156 g/mol. The molecule has 1 atom stereocenters. The van der Waals surface area contributed by atoms with Crippen LogP contribution in [0.15, 0.2) is 12.2 Å². The SMILES string of the molecule is C.C/C=C/C(CCCC)C(C)(C)C. The van der Waals surface area contributed by atoms with Gasteiger partial charge in [0, 0.05) is 0 Å². The van der Waals surface area contributed by atoms with Crippen molar-refractivity contribution in [3.05, 3.63) is 12.2 Å². The van der Waals surface area contributed by atoms with Crippen LogP contribution in [0.2, 0.25) is 0 Å². The monoisotopic (exact) mass is 184 g/mol. The maximum absolute atomic E-state index is 2.36. The molecular formula is C13H28. The summed E-state index contributed by atoms with van der Waals surface area (Å²) in [5, 5.41) is 0. The zero-order valence-corrected chi connectivity index (χ0v) is 9.35. The van der Waals surface area contributed by atoms with Crippen molar-refractivity contribution < 1.29 is 0 Å². The molecule has 13 heavy (non-hydrogen) atoms. The summed E-state index contributed by atoms with van der Waals surface area (Å²) in [6.45, 7) is 11.4. The van der Waals surface area contributed by atoms with E-state index in [0.29, 0.717) is 5.41 Å². The first-order valence-corrected chi connectivity index (χ1v) is 5.15. The first-order valence-electron chi connectivity index (χ1n) is 5.15. The molecule has 0 aromatic rings. The Hall–Kier alpha value is -0.260. The van der Waals surface area contributed by atoms with Gasteiger partial charge in [-0.3, -0.25) is 0 Å². The van der Waals surface area contributed by atoms with E-state index in [2.05, 4.69) is 46.8 Å². The molecule has 1 unspecified atom stereocenters. The third-order valence-electron chi connectivity index (χ3n) is 2.41. The van der Waals surface area contributed by atoms with E-state index in [1.165, 1.54) is 19.3 Å². The topological polar surface area (TPSA) is 0 Å². The van der Waals surface area contributed by atoms with Gasteiger partial charge >= 0.3 is 0 Å². The van der Waals surface area contributed by atoms with Crippen LogP contribution < -0.4 is 0 Å². The molecule has 0 aromatic carbocycles.